The van der Waals surface area contributed by atoms with Crippen LogP contribution in [0.5, 0.6) is 0 Å². The van der Waals surface area contributed by atoms with E-state index in [0.29, 0.717) is 6.54 Å². The van der Waals surface area contributed by atoms with Gasteiger partial charge in [-0.1, -0.05) is 18.2 Å². The van der Waals surface area contributed by atoms with Gasteiger partial charge in [0.15, 0.2) is 5.11 Å². The molecule has 1 aliphatic heterocycles. The summed E-state index contributed by atoms with van der Waals surface area (Å²) in [4.78, 5) is 16.1. The van der Waals surface area contributed by atoms with Crippen molar-refractivity contribution in [1.29, 1.82) is 0 Å². The van der Waals surface area contributed by atoms with Gasteiger partial charge in [-0.25, -0.2) is 4.79 Å². The van der Waals surface area contributed by atoms with Crippen molar-refractivity contribution < 1.29 is 9.53 Å². The predicted octanol–water partition coefficient (Wildman–Crippen LogP) is 2.53. The number of benzene rings is 1. The molecule has 0 unspecified atom stereocenters. The van der Waals surface area contributed by atoms with Crippen molar-refractivity contribution in [3.05, 3.63) is 30.3 Å². The molecule has 2 rings (SSSR count). The van der Waals surface area contributed by atoms with Crippen LogP contribution in [0.2, 0.25) is 0 Å². The Bertz CT molecular complexity index is 566. The highest BCUT2D eigenvalue weighted by molar-refractivity contribution is 7.80. The van der Waals surface area contributed by atoms with Gasteiger partial charge in [0, 0.05) is 45.0 Å². The molecular weight excluding hydrogens is 336 g/mol. The summed E-state index contributed by atoms with van der Waals surface area (Å²) in [5, 5.41) is 6.83. The fourth-order valence-electron chi connectivity index (χ4n) is 2.53. The van der Waals surface area contributed by atoms with Crippen LogP contribution in [0, 0.1) is 0 Å². The largest absolute Gasteiger partial charge is 0.444 e. The highest BCUT2D eigenvalue weighted by Gasteiger charge is 2.19. The van der Waals surface area contributed by atoms with Crippen molar-refractivity contribution in [1.82, 2.24) is 15.1 Å². The molecule has 7 heteroatoms. The van der Waals surface area contributed by atoms with Gasteiger partial charge < -0.3 is 20.3 Å². The molecule has 0 atom stereocenters. The molecule has 1 aromatic carbocycles. The van der Waals surface area contributed by atoms with Crippen molar-refractivity contribution in [2.24, 2.45) is 0 Å². The smallest absolute Gasteiger partial charge is 0.407 e. The highest BCUT2D eigenvalue weighted by Crippen LogP contribution is 2.09. The maximum absolute atomic E-state index is 11.6. The summed E-state index contributed by atoms with van der Waals surface area (Å²) in [6.07, 6.45) is -0.362. The maximum Gasteiger partial charge on any atom is 0.407 e. The van der Waals surface area contributed by atoms with Crippen LogP contribution in [0.25, 0.3) is 0 Å². The van der Waals surface area contributed by atoms with E-state index in [0.717, 1.165) is 43.5 Å². The first kappa shape index (κ1) is 19.5. The monoisotopic (exact) mass is 364 g/mol. The van der Waals surface area contributed by atoms with Crippen LogP contribution >= 0.6 is 12.2 Å². The van der Waals surface area contributed by atoms with Gasteiger partial charge in [0.2, 0.25) is 0 Å². The Hall–Kier alpha value is -1.86. The lowest BCUT2D eigenvalue weighted by Gasteiger charge is -2.36. The molecule has 1 aromatic rings. The second-order valence-electron chi connectivity index (χ2n) is 7.05. The van der Waals surface area contributed by atoms with Gasteiger partial charge in [0.1, 0.15) is 5.60 Å². The fourth-order valence-corrected chi connectivity index (χ4v) is 2.83. The van der Waals surface area contributed by atoms with Gasteiger partial charge in [-0.2, -0.15) is 0 Å². The van der Waals surface area contributed by atoms with E-state index in [9.17, 15) is 4.79 Å². The van der Waals surface area contributed by atoms with Crippen molar-refractivity contribution >= 4 is 29.1 Å². The Morgan fingerprint density at radius 2 is 1.80 bits per heavy atom. The Labute approximate surface area is 155 Å². The second kappa shape index (κ2) is 9.01. The molecule has 2 N–H and O–H groups in total. The maximum atomic E-state index is 11.6. The molecule has 0 bridgehead atoms. The number of alkyl carbamates (subject to hydrolysis) is 1. The molecule has 1 heterocycles. The van der Waals surface area contributed by atoms with E-state index in [2.05, 4.69) is 20.4 Å². The third kappa shape index (κ3) is 7.27. The van der Waals surface area contributed by atoms with Crippen LogP contribution in [0.3, 0.4) is 0 Å². The molecule has 0 aromatic heterocycles. The number of rotatable bonds is 4. The molecule has 1 amide bonds. The zero-order chi connectivity index (χ0) is 18.3. The number of carbonyl (C=O) groups excluding carboxylic acids is 1. The van der Waals surface area contributed by atoms with Gasteiger partial charge >= 0.3 is 6.09 Å². The lowest BCUT2D eigenvalue weighted by Crippen LogP contribution is -2.51. The van der Waals surface area contributed by atoms with Crippen LogP contribution in [-0.2, 0) is 4.74 Å². The summed E-state index contributed by atoms with van der Waals surface area (Å²) in [5.74, 6) is 0. The van der Waals surface area contributed by atoms with Crippen LogP contribution in [0.4, 0.5) is 10.5 Å². The SMILES string of the molecule is CC(C)(C)OC(=O)NCCN1CCN(C(=S)Nc2ccccc2)CC1. The van der Waals surface area contributed by atoms with Crippen LogP contribution in [0.15, 0.2) is 30.3 Å². The summed E-state index contributed by atoms with van der Waals surface area (Å²) >= 11 is 5.49. The second-order valence-corrected chi connectivity index (χ2v) is 7.44. The molecule has 0 spiro atoms. The molecule has 1 aliphatic rings. The molecule has 0 saturated carbocycles. The summed E-state index contributed by atoms with van der Waals surface area (Å²) in [5.41, 5.74) is 0.549. The molecule has 1 saturated heterocycles. The van der Waals surface area contributed by atoms with Crippen LogP contribution in [-0.4, -0.2) is 65.9 Å². The number of nitrogens with one attached hydrogen (secondary N) is 2. The van der Waals surface area contributed by atoms with Gasteiger partial charge in [-0.05, 0) is 45.1 Å². The average molecular weight is 365 g/mol. The van der Waals surface area contributed by atoms with E-state index in [-0.39, 0.29) is 6.09 Å². The summed E-state index contributed by atoms with van der Waals surface area (Å²) in [6, 6.07) is 9.97. The Morgan fingerprint density at radius 1 is 1.16 bits per heavy atom. The Morgan fingerprint density at radius 3 is 2.40 bits per heavy atom. The van der Waals surface area contributed by atoms with E-state index in [1.54, 1.807) is 0 Å². The Kier molecular flexibility index (Phi) is 7.01. The number of ether oxygens (including phenoxy) is 1. The van der Waals surface area contributed by atoms with Crippen molar-refractivity contribution in [3.63, 3.8) is 0 Å². The van der Waals surface area contributed by atoms with Gasteiger partial charge in [-0.15, -0.1) is 0 Å². The van der Waals surface area contributed by atoms with Gasteiger partial charge in [0.25, 0.3) is 0 Å². The van der Waals surface area contributed by atoms with E-state index in [1.807, 2.05) is 51.1 Å². The number of anilines is 1. The van der Waals surface area contributed by atoms with Crippen molar-refractivity contribution in [3.8, 4) is 0 Å². The van der Waals surface area contributed by atoms with Crippen LogP contribution < -0.4 is 10.6 Å². The first-order chi connectivity index (χ1) is 11.8. The zero-order valence-corrected chi connectivity index (χ0v) is 16.1. The Balaban J connectivity index is 1.64. The quantitative estimate of drug-likeness (QED) is 0.801. The molecule has 138 valence electrons. The number of amides is 1. The standard InChI is InChI=1S/C18H28N4O2S/c1-18(2,3)24-17(23)19-9-10-21-11-13-22(14-12-21)16(25)20-15-7-5-4-6-8-15/h4-8H,9-14H2,1-3H3,(H,19,23)(H,20,25). The van der Waals surface area contributed by atoms with Crippen molar-refractivity contribution in [2.75, 3.05) is 44.6 Å². The third-order valence-electron chi connectivity index (χ3n) is 3.78. The molecule has 1 fully saturated rings. The summed E-state index contributed by atoms with van der Waals surface area (Å²) in [7, 11) is 0. The van der Waals surface area contributed by atoms with E-state index in [4.69, 9.17) is 17.0 Å². The third-order valence-corrected chi connectivity index (χ3v) is 4.14. The minimum absolute atomic E-state index is 0.362. The topological polar surface area (TPSA) is 56.8 Å². The highest BCUT2D eigenvalue weighted by atomic mass is 32.1. The van der Waals surface area contributed by atoms with Crippen molar-refractivity contribution in [2.45, 2.75) is 26.4 Å². The summed E-state index contributed by atoms with van der Waals surface area (Å²) < 4.78 is 5.23. The van der Waals surface area contributed by atoms with Crippen LogP contribution in [0.1, 0.15) is 20.8 Å². The number of para-hydroxylation sites is 1. The number of hydrogen-bond acceptors (Lipinski definition) is 4. The first-order valence-electron chi connectivity index (χ1n) is 8.64. The van der Waals surface area contributed by atoms with E-state index < -0.39 is 5.60 Å². The number of nitrogens with zero attached hydrogens (tertiary/aromatic N) is 2. The average Bonchev–Trinajstić information content (AvgIpc) is 2.54. The fraction of sp³-hybridized carbons (Fsp3) is 0.556. The minimum Gasteiger partial charge on any atom is -0.444 e. The summed E-state index contributed by atoms with van der Waals surface area (Å²) in [6.45, 7) is 10.6. The minimum atomic E-state index is -0.461. The molecule has 0 radical (unpaired) electrons. The number of piperazine rings is 1. The lowest BCUT2D eigenvalue weighted by atomic mass is 10.2. The van der Waals surface area contributed by atoms with Gasteiger partial charge in [0.05, 0.1) is 0 Å². The normalized spacial score (nSPS) is 15.6. The molecular formula is C18H28N4O2S. The molecule has 25 heavy (non-hydrogen) atoms. The zero-order valence-electron chi connectivity index (χ0n) is 15.2. The predicted molar refractivity (Wildman–Crippen MR) is 105 cm³/mol. The van der Waals surface area contributed by atoms with E-state index in [1.165, 1.54) is 0 Å². The van der Waals surface area contributed by atoms with E-state index >= 15 is 0 Å². The van der Waals surface area contributed by atoms with Gasteiger partial charge in [-0.3, -0.25) is 4.90 Å². The lowest BCUT2D eigenvalue weighted by molar-refractivity contribution is 0.0519. The molecule has 6 nitrogen and oxygen atoms in total. The number of thiocarbonyl (C=S) groups is 1. The number of carbonyl (C=O) groups is 1. The number of hydrogen-bond donors (Lipinski definition) is 2. The first-order valence-corrected chi connectivity index (χ1v) is 9.04. The molecule has 0 aliphatic carbocycles.